The molecule has 2 unspecified atom stereocenters. The lowest BCUT2D eigenvalue weighted by Crippen LogP contribution is -2.47. The van der Waals surface area contributed by atoms with Crippen molar-refractivity contribution < 1.29 is 37.9 Å². The van der Waals surface area contributed by atoms with Crippen LogP contribution in [-0.4, -0.2) is 54.6 Å². The van der Waals surface area contributed by atoms with Gasteiger partial charge in [0.05, 0.1) is 24.6 Å². The fraction of sp³-hybridized carbons (Fsp3) is 0.318. The summed E-state index contributed by atoms with van der Waals surface area (Å²) in [5, 5.41) is 6.20. The Morgan fingerprint density at radius 2 is 1.69 bits per heavy atom. The van der Waals surface area contributed by atoms with Crippen LogP contribution in [0.1, 0.15) is 70.8 Å². The second-order valence-corrected chi connectivity index (χ2v) is 16.0. The molecule has 55 heavy (non-hydrogen) atoms. The number of nitrogens with zero attached hydrogens (tertiary/aromatic N) is 2. The SMILES string of the molecule is COC1=C2C(=O)c3c(cc4ccc(-c5ccc(Cl)cc5)cc4c3OC(=O)OC(C)(C)C)CC2C[C@@H]2C1C(=O)c1c(OCc3ccccc3)noc1[C@H]2N(C)C. The van der Waals surface area contributed by atoms with Gasteiger partial charge >= 0.3 is 6.16 Å². The fourth-order valence-electron chi connectivity index (χ4n) is 8.51. The maximum absolute atomic E-state index is 15.1. The molecule has 0 N–H and O–H groups in total. The van der Waals surface area contributed by atoms with Gasteiger partial charge in [-0.1, -0.05) is 72.3 Å². The van der Waals surface area contributed by atoms with Crippen molar-refractivity contribution in [2.75, 3.05) is 21.2 Å². The van der Waals surface area contributed by atoms with Gasteiger partial charge in [-0.15, -0.1) is 0 Å². The van der Waals surface area contributed by atoms with Crippen LogP contribution >= 0.6 is 11.6 Å². The van der Waals surface area contributed by atoms with Crippen LogP contribution in [0, 0.1) is 17.8 Å². The van der Waals surface area contributed by atoms with Crippen LogP contribution in [0.15, 0.2) is 94.7 Å². The van der Waals surface area contributed by atoms with E-state index >= 15 is 4.79 Å². The van der Waals surface area contributed by atoms with Crippen molar-refractivity contribution in [3.63, 3.8) is 0 Å². The highest BCUT2D eigenvalue weighted by Crippen LogP contribution is 2.56. The van der Waals surface area contributed by atoms with E-state index in [4.69, 9.17) is 35.1 Å². The molecule has 4 atom stereocenters. The van der Waals surface area contributed by atoms with E-state index in [0.717, 1.165) is 27.6 Å². The number of methoxy groups -OCH3 is 1. The lowest BCUT2D eigenvalue weighted by Gasteiger charge is -2.46. The smallest absolute Gasteiger partial charge is 0.500 e. The Balaban J connectivity index is 1.26. The zero-order valence-corrected chi connectivity index (χ0v) is 32.2. The van der Waals surface area contributed by atoms with Crippen molar-refractivity contribution in [2.45, 2.75) is 51.9 Å². The second-order valence-electron chi connectivity index (χ2n) is 15.6. The molecule has 3 aliphatic rings. The predicted octanol–water partition coefficient (Wildman–Crippen LogP) is 9.43. The first kappa shape index (κ1) is 36.5. The number of carbonyl (C=O) groups excluding carboxylic acids is 3. The van der Waals surface area contributed by atoms with E-state index in [1.807, 2.05) is 85.7 Å². The molecule has 3 aliphatic carbocycles. The Hall–Kier alpha value is -5.45. The quantitative estimate of drug-likeness (QED) is 0.117. The third-order valence-electron chi connectivity index (χ3n) is 10.7. The molecule has 0 spiro atoms. The average Bonchev–Trinajstić information content (AvgIpc) is 3.56. The molecule has 0 fully saturated rings. The van der Waals surface area contributed by atoms with Crippen molar-refractivity contribution in [1.29, 1.82) is 0 Å². The summed E-state index contributed by atoms with van der Waals surface area (Å²) in [7, 11) is 5.37. The van der Waals surface area contributed by atoms with E-state index in [1.165, 1.54) is 7.11 Å². The zero-order chi connectivity index (χ0) is 38.8. The molecule has 1 aromatic heterocycles. The van der Waals surface area contributed by atoms with Crippen LogP contribution in [0.4, 0.5) is 4.79 Å². The molecule has 0 aliphatic heterocycles. The fourth-order valence-corrected chi connectivity index (χ4v) is 8.64. The molecule has 0 amide bonds. The Bertz CT molecular complexity index is 2380. The summed E-state index contributed by atoms with van der Waals surface area (Å²) in [6.45, 7) is 5.43. The number of rotatable bonds is 7. The Kier molecular flexibility index (Phi) is 9.30. The summed E-state index contributed by atoms with van der Waals surface area (Å²) in [6.07, 6.45) is 0.0238. The normalized spacial score (nSPS) is 20.4. The minimum atomic E-state index is -0.932. The summed E-state index contributed by atoms with van der Waals surface area (Å²) >= 11 is 6.18. The highest BCUT2D eigenvalue weighted by atomic mass is 35.5. The number of halogens is 1. The topological polar surface area (TPSA) is 117 Å². The summed E-state index contributed by atoms with van der Waals surface area (Å²) in [5.74, 6) is -1.08. The minimum absolute atomic E-state index is 0.102. The Morgan fingerprint density at radius 3 is 2.38 bits per heavy atom. The van der Waals surface area contributed by atoms with Gasteiger partial charge in [0.2, 0.25) is 0 Å². The van der Waals surface area contributed by atoms with Gasteiger partial charge in [-0.25, -0.2) is 4.79 Å². The third kappa shape index (κ3) is 6.57. The van der Waals surface area contributed by atoms with Crippen molar-refractivity contribution >= 4 is 40.1 Å². The highest BCUT2D eigenvalue weighted by molar-refractivity contribution is 6.30. The third-order valence-corrected chi connectivity index (χ3v) is 10.9. The lowest BCUT2D eigenvalue weighted by atomic mass is 9.61. The molecule has 282 valence electrons. The molecule has 4 aromatic carbocycles. The second kappa shape index (κ2) is 14.0. The maximum Gasteiger partial charge on any atom is 0.514 e. The average molecular weight is 761 g/mol. The van der Waals surface area contributed by atoms with Crippen LogP contribution in [0.5, 0.6) is 11.6 Å². The minimum Gasteiger partial charge on any atom is -0.500 e. The molecule has 0 bridgehead atoms. The summed E-state index contributed by atoms with van der Waals surface area (Å²) < 4.78 is 29.8. The maximum atomic E-state index is 15.1. The molecule has 5 aromatic rings. The van der Waals surface area contributed by atoms with Crippen LogP contribution in [0.3, 0.4) is 0 Å². The van der Waals surface area contributed by atoms with E-state index < -0.39 is 17.7 Å². The van der Waals surface area contributed by atoms with Gasteiger partial charge in [0, 0.05) is 16.0 Å². The summed E-state index contributed by atoms with van der Waals surface area (Å²) in [4.78, 5) is 45.2. The lowest BCUT2D eigenvalue weighted by molar-refractivity contribution is 0.0208. The van der Waals surface area contributed by atoms with Gasteiger partial charge in [-0.05, 0) is 111 Å². The molecule has 1 heterocycles. The molecule has 10 nitrogen and oxygen atoms in total. The van der Waals surface area contributed by atoms with E-state index in [9.17, 15) is 9.59 Å². The van der Waals surface area contributed by atoms with Crippen LogP contribution in [-0.2, 0) is 22.5 Å². The van der Waals surface area contributed by atoms with Gasteiger partial charge in [-0.2, -0.15) is 0 Å². The number of benzene rings is 4. The predicted molar refractivity (Wildman–Crippen MR) is 206 cm³/mol. The Labute approximate surface area is 323 Å². The molecule has 0 saturated carbocycles. The van der Waals surface area contributed by atoms with Crippen molar-refractivity contribution in [2.24, 2.45) is 17.8 Å². The summed E-state index contributed by atoms with van der Waals surface area (Å²) in [6, 6.07) is 24.5. The number of ketones is 2. The van der Waals surface area contributed by atoms with Gasteiger partial charge < -0.3 is 23.5 Å². The number of carbonyl (C=O) groups is 3. The number of hydrogen-bond donors (Lipinski definition) is 0. The van der Waals surface area contributed by atoms with Crippen molar-refractivity contribution in [3.05, 3.63) is 123 Å². The number of ether oxygens (including phenoxy) is 4. The van der Waals surface area contributed by atoms with E-state index in [-0.39, 0.29) is 58.8 Å². The van der Waals surface area contributed by atoms with Crippen LogP contribution < -0.4 is 9.47 Å². The first-order valence-corrected chi connectivity index (χ1v) is 18.7. The van der Waals surface area contributed by atoms with Gasteiger partial charge in [-0.3, -0.25) is 14.5 Å². The van der Waals surface area contributed by atoms with E-state index in [2.05, 4.69) is 5.16 Å². The van der Waals surface area contributed by atoms with E-state index in [0.29, 0.717) is 40.3 Å². The van der Waals surface area contributed by atoms with Crippen molar-refractivity contribution in [1.82, 2.24) is 10.1 Å². The van der Waals surface area contributed by atoms with Gasteiger partial charge in [0.15, 0.2) is 23.1 Å². The number of aromatic nitrogens is 1. The highest BCUT2D eigenvalue weighted by Gasteiger charge is 2.55. The van der Waals surface area contributed by atoms with Crippen LogP contribution in [0.25, 0.3) is 21.9 Å². The van der Waals surface area contributed by atoms with Crippen molar-refractivity contribution in [3.8, 4) is 22.8 Å². The standard InChI is InChI=1S/C44H41ClN2O8/c1-44(2,3)54-43(50)53-39-30-20-25(24-14-16-29(45)17-15-24)12-13-26(30)18-27-19-28-21-31-34(40(51-6)33(28)37(48)32(27)39)38(49)35-41(36(31)47(4)5)55-46-42(35)52-22-23-10-8-7-9-11-23/h7-18,20,28,31,34,36H,19,21-22H2,1-6H3/t28?,31-,34?,36+/m1/s1. The zero-order valence-electron chi connectivity index (χ0n) is 31.5. The molecule has 0 saturated heterocycles. The molecular formula is C44H41ClN2O8. The number of Topliss-reactive ketones (excluding diaryl/α,β-unsaturated/α-hetero) is 2. The van der Waals surface area contributed by atoms with Crippen LogP contribution in [0.2, 0.25) is 5.02 Å². The molecular weight excluding hydrogens is 720 g/mol. The monoisotopic (exact) mass is 760 g/mol. The van der Waals surface area contributed by atoms with E-state index in [1.54, 1.807) is 32.9 Å². The first-order valence-electron chi connectivity index (χ1n) is 18.3. The molecule has 11 heteroatoms. The molecule has 8 rings (SSSR count). The number of fused-ring (bicyclic) bond motifs is 5. The first-order chi connectivity index (χ1) is 26.3. The van der Waals surface area contributed by atoms with Gasteiger partial charge in [0.1, 0.15) is 23.5 Å². The van der Waals surface area contributed by atoms with Gasteiger partial charge in [0.25, 0.3) is 5.88 Å². The molecule has 0 radical (unpaired) electrons. The largest absolute Gasteiger partial charge is 0.514 e. The number of hydrogen-bond acceptors (Lipinski definition) is 10. The Morgan fingerprint density at radius 1 is 0.964 bits per heavy atom. The summed E-state index contributed by atoms with van der Waals surface area (Å²) in [5.41, 5.74) is 3.44. The number of allylic oxidation sites excluding steroid dienone is 2.